The van der Waals surface area contributed by atoms with Gasteiger partial charge in [0.15, 0.2) is 0 Å². The zero-order valence-corrected chi connectivity index (χ0v) is 14.6. The topological polar surface area (TPSA) is 52.6 Å². The van der Waals surface area contributed by atoms with E-state index in [1.807, 2.05) is 11.8 Å². The van der Waals surface area contributed by atoms with Crippen molar-refractivity contribution in [1.29, 1.82) is 0 Å². The van der Waals surface area contributed by atoms with Crippen molar-refractivity contribution in [3.63, 3.8) is 0 Å². The third kappa shape index (κ3) is 4.61. The lowest BCUT2D eigenvalue weighted by molar-refractivity contribution is 0.0722. The number of urea groups is 1. The molecule has 0 bridgehead atoms. The Balaban J connectivity index is 1.81. The minimum absolute atomic E-state index is 0.0502. The Morgan fingerprint density at radius 1 is 1.23 bits per heavy atom. The van der Waals surface area contributed by atoms with Crippen molar-refractivity contribution in [2.75, 3.05) is 19.6 Å². The van der Waals surface area contributed by atoms with Gasteiger partial charge in [-0.1, -0.05) is 33.1 Å². The van der Waals surface area contributed by atoms with Crippen LogP contribution in [0.25, 0.3) is 0 Å². The van der Waals surface area contributed by atoms with Gasteiger partial charge in [-0.2, -0.15) is 0 Å². The summed E-state index contributed by atoms with van der Waals surface area (Å²) in [6, 6.07) is 0.0502. The third-order valence-electron chi connectivity index (χ3n) is 5.83. The Bertz CT molecular complexity index is 362. The van der Waals surface area contributed by atoms with Crippen LogP contribution in [0.4, 0.5) is 4.79 Å². The SMILES string of the molecule is CC(O)C1CCCN(C(=O)NCC(C)(C)C2CCCCC2)C1. The molecule has 0 aromatic rings. The van der Waals surface area contributed by atoms with E-state index in [2.05, 4.69) is 19.2 Å². The van der Waals surface area contributed by atoms with E-state index in [9.17, 15) is 9.90 Å². The van der Waals surface area contributed by atoms with Crippen LogP contribution < -0.4 is 5.32 Å². The molecule has 2 unspecified atom stereocenters. The number of likely N-dealkylation sites (tertiary alicyclic amines) is 1. The molecule has 2 atom stereocenters. The van der Waals surface area contributed by atoms with E-state index in [1.54, 1.807) is 0 Å². The maximum atomic E-state index is 12.4. The number of rotatable bonds is 4. The van der Waals surface area contributed by atoms with Crippen molar-refractivity contribution >= 4 is 6.03 Å². The van der Waals surface area contributed by atoms with Gasteiger partial charge in [0.25, 0.3) is 0 Å². The summed E-state index contributed by atoms with van der Waals surface area (Å²) in [5, 5.41) is 12.9. The Labute approximate surface area is 135 Å². The summed E-state index contributed by atoms with van der Waals surface area (Å²) < 4.78 is 0. The summed E-state index contributed by atoms with van der Waals surface area (Å²) in [6.07, 6.45) is 8.34. The molecule has 0 spiro atoms. The normalized spacial score (nSPS) is 25.8. The van der Waals surface area contributed by atoms with E-state index < -0.39 is 0 Å². The molecule has 128 valence electrons. The van der Waals surface area contributed by atoms with Crippen molar-refractivity contribution in [2.24, 2.45) is 17.3 Å². The summed E-state index contributed by atoms with van der Waals surface area (Å²) in [6.45, 7) is 8.67. The molecule has 2 fully saturated rings. The molecule has 2 N–H and O–H groups in total. The zero-order chi connectivity index (χ0) is 16.2. The van der Waals surface area contributed by atoms with E-state index >= 15 is 0 Å². The van der Waals surface area contributed by atoms with Crippen LogP contribution in [0.1, 0.15) is 65.7 Å². The number of hydrogen-bond donors (Lipinski definition) is 2. The number of nitrogens with zero attached hydrogens (tertiary/aromatic N) is 1. The van der Waals surface area contributed by atoms with Crippen LogP contribution in [-0.4, -0.2) is 41.8 Å². The van der Waals surface area contributed by atoms with Crippen molar-refractivity contribution in [3.05, 3.63) is 0 Å². The number of amides is 2. The smallest absolute Gasteiger partial charge is 0.317 e. The number of nitrogens with one attached hydrogen (secondary N) is 1. The summed E-state index contributed by atoms with van der Waals surface area (Å²) >= 11 is 0. The summed E-state index contributed by atoms with van der Waals surface area (Å²) in [7, 11) is 0. The summed E-state index contributed by atoms with van der Waals surface area (Å²) in [5.41, 5.74) is 0.176. The highest BCUT2D eigenvalue weighted by Gasteiger charge is 2.32. The van der Waals surface area contributed by atoms with Crippen molar-refractivity contribution < 1.29 is 9.90 Å². The highest BCUT2D eigenvalue weighted by molar-refractivity contribution is 5.74. The third-order valence-corrected chi connectivity index (χ3v) is 5.83. The second kappa shape index (κ2) is 7.67. The first kappa shape index (κ1) is 17.6. The molecule has 1 heterocycles. The lowest BCUT2D eigenvalue weighted by Gasteiger charge is -2.39. The fourth-order valence-corrected chi connectivity index (χ4v) is 4.03. The van der Waals surface area contributed by atoms with Crippen LogP contribution >= 0.6 is 0 Å². The second-order valence-electron chi connectivity index (χ2n) is 8.07. The molecule has 1 saturated heterocycles. The zero-order valence-electron chi connectivity index (χ0n) is 14.6. The molecule has 2 amide bonds. The number of piperidine rings is 1. The highest BCUT2D eigenvalue weighted by atomic mass is 16.3. The Kier molecular flexibility index (Phi) is 6.13. The van der Waals surface area contributed by atoms with Crippen molar-refractivity contribution in [1.82, 2.24) is 10.2 Å². The molecular formula is C18H34N2O2. The van der Waals surface area contributed by atoms with Gasteiger partial charge in [0, 0.05) is 25.6 Å². The molecule has 4 heteroatoms. The van der Waals surface area contributed by atoms with E-state index in [-0.39, 0.29) is 23.5 Å². The van der Waals surface area contributed by atoms with Gasteiger partial charge in [-0.15, -0.1) is 0 Å². The van der Waals surface area contributed by atoms with Crippen LogP contribution in [0.15, 0.2) is 0 Å². The molecule has 4 nitrogen and oxygen atoms in total. The first-order chi connectivity index (χ1) is 10.4. The highest BCUT2D eigenvalue weighted by Crippen LogP contribution is 2.37. The Morgan fingerprint density at radius 2 is 1.91 bits per heavy atom. The van der Waals surface area contributed by atoms with E-state index in [0.29, 0.717) is 6.54 Å². The average Bonchev–Trinajstić information content (AvgIpc) is 2.53. The van der Waals surface area contributed by atoms with E-state index in [1.165, 1.54) is 32.1 Å². The Hall–Kier alpha value is -0.770. The molecule has 1 aliphatic carbocycles. The van der Waals surface area contributed by atoms with Gasteiger partial charge < -0.3 is 15.3 Å². The summed E-state index contributed by atoms with van der Waals surface area (Å²) in [5.74, 6) is 0.957. The van der Waals surface area contributed by atoms with Gasteiger partial charge in [-0.05, 0) is 43.9 Å². The maximum Gasteiger partial charge on any atom is 0.317 e. The minimum Gasteiger partial charge on any atom is -0.393 e. The summed E-state index contributed by atoms with van der Waals surface area (Å²) in [4.78, 5) is 14.3. The molecule has 1 saturated carbocycles. The molecule has 2 rings (SSSR count). The number of carbonyl (C=O) groups excluding carboxylic acids is 1. The van der Waals surface area contributed by atoms with Crippen molar-refractivity contribution in [3.8, 4) is 0 Å². The lowest BCUT2D eigenvalue weighted by Crippen LogP contribution is -2.50. The lowest BCUT2D eigenvalue weighted by atomic mass is 9.71. The monoisotopic (exact) mass is 310 g/mol. The van der Waals surface area contributed by atoms with Gasteiger partial charge in [-0.3, -0.25) is 0 Å². The van der Waals surface area contributed by atoms with Gasteiger partial charge in [0.1, 0.15) is 0 Å². The first-order valence-electron chi connectivity index (χ1n) is 9.11. The largest absolute Gasteiger partial charge is 0.393 e. The number of hydrogen-bond acceptors (Lipinski definition) is 2. The first-order valence-corrected chi connectivity index (χ1v) is 9.11. The molecule has 0 aromatic carbocycles. The van der Waals surface area contributed by atoms with Crippen LogP contribution in [0.2, 0.25) is 0 Å². The fraction of sp³-hybridized carbons (Fsp3) is 0.944. The molecular weight excluding hydrogens is 276 g/mol. The fourth-order valence-electron chi connectivity index (χ4n) is 4.03. The predicted molar refractivity (Wildman–Crippen MR) is 89.7 cm³/mol. The molecule has 0 radical (unpaired) electrons. The van der Waals surface area contributed by atoms with Crippen LogP contribution in [-0.2, 0) is 0 Å². The quantitative estimate of drug-likeness (QED) is 0.836. The molecule has 2 aliphatic rings. The minimum atomic E-state index is -0.325. The predicted octanol–water partition coefficient (Wildman–Crippen LogP) is 3.40. The van der Waals surface area contributed by atoms with E-state index in [4.69, 9.17) is 0 Å². The van der Waals surface area contributed by atoms with Gasteiger partial charge in [0.2, 0.25) is 0 Å². The molecule has 22 heavy (non-hydrogen) atoms. The second-order valence-corrected chi connectivity index (χ2v) is 8.07. The van der Waals surface area contributed by atoms with Crippen LogP contribution in [0.3, 0.4) is 0 Å². The van der Waals surface area contributed by atoms with Gasteiger partial charge in [-0.25, -0.2) is 4.79 Å². The molecule has 0 aromatic heterocycles. The molecule has 1 aliphatic heterocycles. The van der Waals surface area contributed by atoms with Crippen LogP contribution in [0.5, 0.6) is 0 Å². The van der Waals surface area contributed by atoms with Crippen LogP contribution in [0, 0.1) is 17.3 Å². The van der Waals surface area contributed by atoms with Gasteiger partial charge in [0.05, 0.1) is 6.10 Å². The number of aliphatic hydroxyl groups is 1. The maximum absolute atomic E-state index is 12.4. The number of carbonyl (C=O) groups is 1. The van der Waals surface area contributed by atoms with Gasteiger partial charge >= 0.3 is 6.03 Å². The standard InChI is InChI=1S/C18H34N2O2/c1-14(21)15-8-7-11-20(12-15)17(22)19-13-18(2,3)16-9-5-4-6-10-16/h14-16,21H,4-13H2,1-3H3,(H,19,22). The number of aliphatic hydroxyl groups excluding tert-OH is 1. The average molecular weight is 310 g/mol. The Morgan fingerprint density at radius 3 is 2.55 bits per heavy atom. The van der Waals surface area contributed by atoms with E-state index in [0.717, 1.165) is 31.8 Å². The van der Waals surface area contributed by atoms with Crippen molar-refractivity contribution in [2.45, 2.75) is 71.8 Å².